The van der Waals surface area contributed by atoms with Gasteiger partial charge in [0.05, 0.1) is 13.1 Å². The summed E-state index contributed by atoms with van der Waals surface area (Å²) < 4.78 is 5.78. The molecule has 1 aromatic carbocycles. The summed E-state index contributed by atoms with van der Waals surface area (Å²) in [5.41, 5.74) is 0. The second-order valence-corrected chi connectivity index (χ2v) is 5.79. The Hall–Kier alpha value is -1.75. The van der Waals surface area contributed by atoms with Crippen LogP contribution < -0.4 is 10.1 Å². The summed E-state index contributed by atoms with van der Waals surface area (Å²) in [6.07, 6.45) is 1.06. The Morgan fingerprint density at radius 3 is 2.67 bits per heavy atom. The van der Waals surface area contributed by atoms with E-state index in [1.807, 2.05) is 44.4 Å². The van der Waals surface area contributed by atoms with Gasteiger partial charge in [0.15, 0.2) is 0 Å². The van der Waals surface area contributed by atoms with Crippen LogP contribution in [0.25, 0.3) is 0 Å². The summed E-state index contributed by atoms with van der Waals surface area (Å²) >= 11 is 0. The summed E-state index contributed by atoms with van der Waals surface area (Å²) in [5.74, 6) is 0.863. The van der Waals surface area contributed by atoms with Crippen LogP contribution in [0.2, 0.25) is 0 Å². The Bertz CT molecular complexity index is 444. The number of rotatable bonds is 6. The van der Waals surface area contributed by atoms with Gasteiger partial charge in [0.25, 0.3) is 0 Å². The minimum atomic E-state index is 0.00821. The quantitative estimate of drug-likeness (QED) is 0.869. The predicted octanol–water partition coefficient (Wildman–Crippen LogP) is 1.80. The van der Waals surface area contributed by atoms with Gasteiger partial charge in [-0.25, -0.2) is 4.79 Å². The Morgan fingerprint density at radius 2 is 2.05 bits per heavy atom. The van der Waals surface area contributed by atoms with Crippen LogP contribution in [0.3, 0.4) is 0 Å². The van der Waals surface area contributed by atoms with Crippen molar-refractivity contribution in [1.82, 2.24) is 15.1 Å². The van der Waals surface area contributed by atoms with Gasteiger partial charge < -0.3 is 19.9 Å². The van der Waals surface area contributed by atoms with Gasteiger partial charge in [-0.3, -0.25) is 0 Å². The van der Waals surface area contributed by atoms with Gasteiger partial charge in [-0.2, -0.15) is 0 Å². The molecule has 1 aliphatic heterocycles. The molecule has 2 amide bonds. The summed E-state index contributed by atoms with van der Waals surface area (Å²) in [6, 6.07) is 10.2. The maximum Gasteiger partial charge on any atom is 0.317 e. The van der Waals surface area contributed by atoms with Crippen molar-refractivity contribution < 1.29 is 9.53 Å². The van der Waals surface area contributed by atoms with Crippen molar-refractivity contribution >= 4 is 6.03 Å². The molecule has 1 N–H and O–H groups in total. The molecule has 0 aromatic heterocycles. The van der Waals surface area contributed by atoms with Crippen molar-refractivity contribution in [2.45, 2.75) is 25.5 Å². The molecule has 5 heteroatoms. The molecule has 1 fully saturated rings. The molecule has 0 saturated carbocycles. The van der Waals surface area contributed by atoms with E-state index in [0.29, 0.717) is 25.7 Å². The van der Waals surface area contributed by atoms with Crippen LogP contribution in [-0.4, -0.2) is 61.7 Å². The third-order valence-corrected chi connectivity index (χ3v) is 3.90. The number of hydrogen-bond donors (Lipinski definition) is 1. The van der Waals surface area contributed by atoms with Crippen molar-refractivity contribution in [3.8, 4) is 5.75 Å². The number of benzene rings is 1. The number of carbonyl (C=O) groups excluding carboxylic acids is 1. The molecule has 0 aliphatic carbocycles. The first-order valence-electron chi connectivity index (χ1n) is 7.47. The molecule has 21 heavy (non-hydrogen) atoms. The van der Waals surface area contributed by atoms with Gasteiger partial charge in [-0.15, -0.1) is 0 Å². The van der Waals surface area contributed by atoms with Gasteiger partial charge in [-0.05, 0) is 39.6 Å². The number of para-hydroxylation sites is 1. The largest absolute Gasteiger partial charge is 0.487 e. The lowest BCUT2D eigenvalue weighted by Gasteiger charge is -2.38. The lowest BCUT2D eigenvalue weighted by molar-refractivity contribution is 0.0443. The number of urea groups is 1. The van der Waals surface area contributed by atoms with Gasteiger partial charge in [0.2, 0.25) is 0 Å². The summed E-state index contributed by atoms with van der Waals surface area (Å²) in [7, 11) is 4.10. The molecule has 0 bridgehead atoms. The van der Waals surface area contributed by atoms with Crippen LogP contribution >= 0.6 is 0 Å². The normalized spacial score (nSPS) is 16.5. The fourth-order valence-corrected chi connectivity index (χ4v) is 2.13. The van der Waals surface area contributed by atoms with Crippen molar-refractivity contribution in [3.63, 3.8) is 0 Å². The molecule has 1 saturated heterocycles. The maximum absolute atomic E-state index is 11.9. The fraction of sp³-hybridized carbons (Fsp3) is 0.562. The smallest absolute Gasteiger partial charge is 0.317 e. The van der Waals surface area contributed by atoms with Crippen LogP contribution in [0.5, 0.6) is 5.75 Å². The SMILES string of the molecule is C[C@H](CCNC(=O)N1CC(Oc2ccccc2)C1)N(C)C. The number of ether oxygens (including phenoxy) is 1. The zero-order valence-corrected chi connectivity index (χ0v) is 13.1. The zero-order valence-electron chi connectivity index (χ0n) is 13.1. The van der Waals surface area contributed by atoms with E-state index >= 15 is 0 Å². The number of amides is 2. The first kappa shape index (κ1) is 15.6. The highest BCUT2D eigenvalue weighted by atomic mass is 16.5. The number of carbonyl (C=O) groups is 1. The van der Waals surface area contributed by atoms with Gasteiger partial charge >= 0.3 is 6.03 Å². The number of hydrogen-bond acceptors (Lipinski definition) is 3. The Morgan fingerprint density at radius 1 is 1.38 bits per heavy atom. The first-order chi connectivity index (χ1) is 10.1. The molecule has 2 rings (SSSR count). The highest BCUT2D eigenvalue weighted by Gasteiger charge is 2.32. The average molecular weight is 291 g/mol. The summed E-state index contributed by atoms with van der Waals surface area (Å²) in [6.45, 7) is 4.17. The number of likely N-dealkylation sites (tertiary alicyclic amines) is 1. The molecule has 5 nitrogen and oxygen atoms in total. The minimum absolute atomic E-state index is 0.00821. The van der Waals surface area contributed by atoms with E-state index in [1.54, 1.807) is 4.90 Å². The lowest BCUT2D eigenvalue weighted by atomic mass is 10.2. The Balaban J connectivity index is 1.62. The van der Waals surface area contributed by atoms with Gasteiger partial charge in [-0.1, -0.05) is 18.2 Å². The third kappa shape index (κ3) is 4.63. The van der Waals surface area contributed by atoms with Gasteiger partial charge in [0, 0.05) is 12.6 Å². The molecule has 0 radical (unpaired) electrons. The molecule has 1 heterocycles. The maximum atomic E-state index is 11.9. The van der Waals surface area contributed by atoms with Crippen LogP contribution in [0.4, 0.5) is 4.79 Å². The van der Waals surface area contributed by atoms with Crippen molar-refractivity contribution in [3.05, 3.63) is 30.3 Å². The molecule has 1 aromatic rings. The average Bonchev–Trinajstić information content (AvgIpc) is 2.43. The van der Waals surface area contributed by atoms with Crippen LogP contribution in [0, 0.1) is 0 Å². The molecule has 116 valence electrons. The Kier molecular flexibility index (Phi) is 5.44. The second kappa shape index (κ2) is 7.31. The van der Waals surface area contributed by atoms with E-state index in [0.717, 1.165) is 12.2 Å². The highest BCUT2D eigenvalue weighted by molar-refractivity contribution is 5.75. The lowest BCUT2D eigenvalue weighted by Crippen LogP contribution is -2.59. The fourth-order valence-electron chi connectivity index (χ4n) is 2.13. The van der Waals surface area contributed by atoms with Crippen molar-refractivity contribution in [2.24, 2.45) is 0 Å². The van der Waals surface area contributed by atoms with E-state index in [2.05, 4.69) is 17.1 Å². The molecular formula is C16H25N3O2. The highest BCUT2D eigenvalue weighted by Crippen LogP contribution is 2.17. The van der Waals surface area contributed by atoms with Crippen LogP contribution in [0.1, 0.15) is 13.3 Å². The molecule has 1 aliphatic rings. The summed E-state index contributed by atoms with van der Waals surface area (Å²) in [5, 5.41) is 2.96. The van der Waals surface area contributed by atoms with E-state index in [1.165, 1.54) is 0 Å². The van der Waals surface area contributed by atoms with Crippen LogP contribution in [0.15, 0.2) is 30.3 Å². The van der Waals surface area contributed by atoms with E-state index in [4.69, 9.17) is 4.74 Å². The van der Waals surface area contributed by atoms with Crippen molar-refractivity contribution in [1.29, 1.82) is 0 Å². The molecule has 0 spiro atoms. The van der Waals surface area contributed by atoms with Crippen LogP contribution in [-0.2, 0) is 0 Å². The zero-order chi connectivity index (χ0) is 15.2. The number of nitrogens with zero attached hydrogens (tertiary/aromatic N) is 2. The van der Waals surface area contributed by atoms with Gasteiger partial charge in [0.1, 0.15) is 11.9 Å². The van der Waals surface area contributed by atoms with E-state index in [9.17, 15) is 4.79 Å². The molecular weight excluding hydrogens is 266 g/mol. The third-order valence-electron chi connectivity index (χ3n) is 3.90. The minimum Gasteiger partial charge on any atom is -0.487 e. The standard InChI is InChI=1S/C16H25N3O2/c1-13(18(2)3)9-10-17-16(20)19-11-15(12-19)21-14-7-5-4-6-8-14/h4-8,13,15H,9-12H2,1-3H3,(H,17,20)/t13-/m1/s1. The Labute approximate surface area is 126 Å². The van der Waals surface area contributed by atoms with E-state index < -0.39 is 0 Å². The topological polar surface area (TPSA) is 44.8 Å². The molecule has 0 unspecified atom stereocenters. The van der Waals surface area contributed by atoms with E-state index in [-0.39, 0.29) is 12.1 Å². The predicted molar refractivity (Wildman–Crippen MR) is 83.6 cm³/mol. The first-order valence-corrected chi connectivity index (χ1v) is 7.47. The van der Waals surface area contributed by atoms with Crippen molar-refractivity contribution in [2.75, 3.05) is 33.7 Å². The molecule has 1 atom stereocenters. The summed E-state index contributed by atoms with van der Waals surface area (Å²) in [4.78, 5) is 15.9. The number of nitrogens with one attached hydrogen (secondary N) is 1. The monoisotopic (exact) mass is 291 g/mol. The second-order valence-electron chi connectivity index (χ2n) is 5.79.